The number of carbonyl (C=O) groups is 1. The van der Waals surface area contributed by atoms with Gasteiger partial charge in [0.1, 0.15) is 0 Å². The average Bonchev–Trinajstić information content (AvgIpc) is 2.95. The number of ether oxygens (including phenoxy) is 3. The second-order valence-corrected chi connectivity index (χ2v) is 10.0. The summed E-state index contributed by atoms with van der Waals surface area (Å²) >= 11 is -2.33. The maximum atomic E-state index is 12.6. The van der Waals surface area contributed by atoms with Crippen LogP contribution in [0.3, 0.4) is 0 Å². The van der Waals surface area contributed by atoms with E-state index in [0.717, 1.165) is 11.4 Å². The molecule has 0 radical (unpaired) electrons. The molecule has 2 rings (SSSR count). The van der Waals surface area contributed by atoms with Crippen LogP contribution in [0.15, 0.2) is 18.2 Å². The molecular weight excluding hydrogens is 410 g/mol. The van der Waals surface area contributed by atoms with Crippen LogP contribution in [0, 0.1) is 0 Å². The molecule has 1 aromatic carbocycles. The molecule has 0 aromatic heterocycles. The third kappa shape index (κ3) is 4.46. The number of carbonyl (C=O) groups excluding carboxylic acids is 1. The lowest BCUT2D eigenvalue weighted by atomic mass is 10.3. The predicted octanol–water partition coefficient (Wildman–Crippen LogP) is 1.72. The zero-order valence-electron chi connectivity index (χ0n) is 16.7. The summed E-state index contributed by atoms with van der Waals surface area (Å²) in [4.78, 5) is 12.4. The summed E-state index contributed by atoms with van der Waals surface area (Å²) in [5.74, 6) is -0.201. The smallest absolute Gasteiger partial charge is 0.458 e. The first kappa shape index (κ1) is 22.6. The number of nitrogens with zero attached hydrogens (tertiary/aromatic N) is 3. The van der Waals surface area contributed by atoms with Gasteiger partial charge in [0.15, 0.2) is 23.0 Å². The van der Waals surface area contributed by atoms with Gasteiger partial charge in [0.2, 0.25) is 11.5 Å². The van der Waals surface area contributed by atoms with E-state index in [-0.39, 0.29) is 24.6 Å². The van der Waals surface area contributed by atoms with E-state index >= 15 is 0 Å². The van der Waals surface area contributed by atoms with Crippen LogP contribution in [0.4, 0.5) is 4.79 Å². The van der Waals surface area contributed by atoms with Crippen molar-refractivity contribution in [2.24, 2.45) is 0 Å². The van der Waals surface area contributed by atoms with Crippen molar-refractivity contribution in [3.63, 3.8) is 0 Å². The van der Waals surface area contributed by atoms with Crippen LogP contribution in [0.25, 0.3) is 0 Å². The number of para-hydroxylation sites is 1. The van der Waals surface area contributed by atoms with Gasteiger partial charge in [-0.2, -0.15) is 12.7 Å². The van der Waals surface area contributed by atoms with Crippen LogP contribution in [-0.2, 0) is 21.8 Å². The highest BCUT2D eigenvalue weighted by molar-refractivity contribution is 8.02. The normalized spacial score (nSPS) is 16.3. The van der Waals surface area contributed by atoms with Gasteiger partial charge in [-0.25, -0.2) is 4.79 Å². The third-order valence-corrected chi connectivity index (χ3v) is 7.74. The molecule has 1 amide bonds. The minimum absolute atomic E-state index is 0.0752. The maximum Gasteiger partial charge on any atom is 0.458 e. The van der Waals surface area contributed by atoms with Crippen molar-refractivity contribution < 1.29 is 32.0 Å². The molecule has 0 bridgehead atoms. The lowest BCUT2D eigenvalue weighted by Gasteiger charge is -2.28. The Morgan fingerprint density at radius 2 is 1.82 bits per heavy atom. The number of rotatable bonds is 7. The minimum Gasteiger partial charge on any atom is -0.572 e. The molecule has 0 saturated carbocycles. The van der Waals surface area contributed by atoms with Crippen molar-refractivity contribution in [2.75, 3.05) is 27.2 Å². The highest BCUT2D eigenvalue weighted by atomic mass is 32.3. The Morgan fingerprint density at radius 3 is 2.39 bits per heavy atom. The Kier molecular flexibility index (Phi) is 6.71. The summed E-state index contributed by atoms with van der Waals surface area (Å²) in [6, 6.07) is 4.77. The summed E-state index contributed by atoms with van der Waals surface area (Å²) in [7, 11) is -1.69. The van der Waals surface area contributed by atoms with E-state index in [1.54, 1.807) is 39.8 Å². The molecule has 28 heavy (non-hydrogen) atoms. The van der Waals surface area contributed by atoms with Gasteiger partial charge < -0.3 is 18.8 Å². The number of fused-ring (bicyclic) bond motifs is 1. The monoisotopic (exact) mass is 435 g/mol. The summed E-state index contributed by atoms with van der Waals surface area (Å²) in [5.41, 5.74) is 0. The maximum absolute atomic E-state index is 12.6. The van der Waals surface area contributed by atoms with Crippen LogP contribution < -0.4 is 14.2 Å². The van der Waals surface area contributed by atoms with Gasteiger partial charge in [0, 0.05) is 30.6 Å². The van der Waals surface area contributed by atoms with E-state index in [1.165, 1.54) is 13.1 Å². The fourth-order valence-electron chi connectivity index (χ4n) is 2.48. The molecule has 1 aromatic rings. The number of amides is 1. The number of hydrogen-bond acceptors (Lipinski definition) is 7. The molecule has 10 nitrogen and oxygen atoms in total. The molecule has 1 atom stereocenters. The van der Waals surface area contributed by atoms with Crippen LogP contribution in [0.2, 0.25) is 0 Å². The van der Waals surface area contributed by atoms with E-state index in [2.05, 4.69) is 0 Å². The van der Waals surface area contributed by atoms with Gasteiger partial charge in [0.05, 0.1) is 14.1 Å². The number of benzene rings is 1. The van der Waals surface area contributed by atoms with Crippen molar-refractivity contribution in [3.8, 4) is 17.2 Å². The van der Waals surface area contributed by atoms with Gasteiger partial charge >= 0.3 is 16.3 Å². The molecule has 158 valence electrons. The Hall–Kier alpha value is -1.73. The lowest BCUT2D eigenvalue weighted by Crippen LogP contribution is -2.50. The van der Waals surface area contributed by atoms with Crippen LogP contribution in [0.1, 0.15) is 27.7 Å². The second-order valence-electron chi connectivity index (χ2n) is 6.29. The Labute approximate surface area is 168 Å². The number of hydrogen-bond donors (Lipinski definition) is 0. The van der Waals surface area contributed by atoms with Crippen molar-refractivity contribution in [3.05, 3.63) is 18.2 Å². The fraction of sp³-hybridized carbons (Fsp3) is 0.562. The second kappa shape index (κ2) is 8.33. The van der Waals surface area contributed by atoms with Crippen molar-refractivity contribution in [2.45, 2.75) is 33.5 Å². The molecule has 0 N–H and O–H groups in total. The molecule has 12 heteroatoms. The van der Waals surface area contributed by atoms with Gasteiger partial charge in [0.25, 0.3) is 0 Å². The quantitative estimate of drug-likeness (QED) is 0.600. The molecule has 1 aliphatic rings. The zero-order chi connectivity index (χ0) is 21.3. The lowest BCUT2D eigenvalue weighted by molar-refractivity contribution is -0.0439. The van der Waals surface area contributed by atoms with Gasteiger partial charge in [-0.15, -0.1) is 4.31 Å². The average molecular weight is 436 g/mol. The largest absolute Gasteiger partial charge is 0.572 e. The van der Waals surface area contributed by atoms with E-state index in [9.17, 15) is 17.8 Å². The fourth-order valence-corrected chi connectivity index (χ4v) is 5.19. The standard InChI is InChI=1S/C16H25N3O7S2/c1-7-19(8-2)28(22,23)18(6)27(21)17(5)15(20)24-12-10-9-11-13-14(12)26-16(3,4)25-13/h9-11H,7-8H2,1-6H3. The first-order chi connectivity index (χ1) is 12.9. The first-order valence-electron chi connectivity index (χ1n) is 8.57. The van der Waals surface area contributed by atoms with E-state index in [0.29, 0.717) is 13.8 Å². The topological polar surface area (TPSA) is 112 Å². The van der Waals surface area contributed by atoms with Gasteiger partial charge in [-0.05, 0) is 12.1 Å². The predicted molar refractivity (Wildman–Crippen MR) is 103 cm³/mol. The molecule has 0 saturated heterocycles. The molecule has 1 heterocycles. The van der Waals surface area contributed by atoms with Crippen molar-refractivity contribution in [1.29, 1.82) is 0 Å². The van der Waals surface area contributed by atoms with E-state index in [1.807, 2.05) is 0 Å². The van der Waals surface area contributed by atoms with Crippen LogP contribution in [-0.4, -0.2) is 64.4 Å². The molecule has 1 aliphatic heterocycles. The van der Waals surface area contributed by atoms with Gasteiger partial charge in [-0.3, -0.25) is 0 Å². The summed E-state index contributed by atoms with van der Waals surface area (Å²) < 4.78 is 56.5. The first-order valence-corrected chi connectivity index (χ1v) is 11.0. The third-order valence-electron chi connectivity index (χ3n) is 3.91. The van der Waals surface area contributed by atoms with E-state index in [4.69, 9.17) is 14.2 Å². The Bertz CT molecular complexity index is 828. The molecular formula is C16H25N3O7S2. The highest BCUT2D eigenvalue weighted by Crippen LogP contribution is 2.45. The van der Waals surface area contributed by atoms with E-state index < -0.39 is 33.6 Å². The molecule has 0 aliphatic carbocycles. The highest BCUT2D eigenvalue weighted by Gasteiger charge is 2.40. The van der Waals surface area contributed by atoms with Crippen molar-refractivity contribution >= 4 is 27.9 Å². The summed E-state index contributed by atoms with van der Waals surface area (Å²) in [6.07, 6.45) is -1.01. The Balaban J connectivity index is 2.15. The molecule has 1 unspecified atom stereocenters. The van der Waals surface area contributed by atoms with Gasteiger partial charge in [-0.1, -0.05) is 19.9 Å². The van der Waals surface area contributed by atoms with Crippen LogP contribution in [0.5, 0.6) is 17.2 Å². The Morgan fingerprint density at radius 1 is 1.21 bits per heavy atom. The SMILES string of the molecule is CCN(CC)S(=O)(=O)N(C)[S+]([O-])N(C)C(=O)Oc1cccc2c1OC(C)(C)O2. The minimum atomic E-state index is -4.00. The zero-order valence-corrected chi connectivity index (χ0v) is 18.3. The van der Waals surface area contributed by atoms with Crippen molar-refractivity contribution in [1.82, 2.24) is 12.3 Å². The summed E-state index contributed by atoms with van der Waals surface area (Å²) in [5, 5.41) is 0. The van der Waals surface area contributed by atoms with Crippen LogP contribution >= 0.6 is 0 Å². The molecule has 0 spiro atoms. The molecule has 0 fully saturated rings. The summed E-state index contributed by atoms with van der Waals surface area (Å²) in [6.45, 7) is 7.14.